The fourth-order valence-electron chi connectivity index (χ4n) is 3.58. The predicted molar refractivity (Wildman–Crippen MR) is 115 cm³/mol. The highest BCUT2D eigenvalue weighted by molar-refractivity contribution is 8.00. The van der Waals surface area contributed by atoms with Crippen molar-refractivity contribution >= 4 is 40.6 Å². The van der Waals surface area contributed by atoms with Crippen LogP contribution in [0, 0.1) is 5.92 Å². The highest BCUT2D eigenvalue weighted by Gasteiger charge is 2.24. The Morgan fingerprint density at radius 1 is 1.11 bits per heavy atom. The number of nitrogens with one attached hydrogen (secondary N) is 2. The molecule has 2 aromatic rings. The Bertz CT molecular complexity index is 889. The average molecular weight is 396 g/mol. The minimum Gasteiger partial charge on any atom is -0.372 e. The molecule has 2 heterocycles. The zero-order valence-corrected chi connectivity index (χ0v) is 17.0. The van der Waals surface area contributed by atoms with Gasteiger partial charge in [-0.2, -0.15) is 0 Å². The van der Waals surface area contributed by atoms with E-state index in [4.69, 9.17) is 0 Å². The molecule has 28 heavy (non-hydrogen) atoms. The smallest absolute Gasteiger partial charge is 0.255 e. The molecule has 2 aliphatic rings. The van der Waals surface area contributed by atoms with Crippen molar-refractivity contribution in [3.8, 4) is 0 Å². The van der Waals surface area contributed by atoms with Gasteiger partial charge < -0.3 is 15.5 Å². The van der Waals surface area contributed by atoms with Crippen molar-refractivity contribution < 1.29 is 9.59 Å². The van der Waals surface area contributed by atoms with Crippen LogP contribution in [0.5, 0.6) is 0 Å². The Hall–Kier alpha value is -2.47. The number of carbonyl (C=O) groups excluding carboxylic acids is 2. The largest absolute Gasteiger partial charge is 0.372 e. The molecule has 0 spiro atoms. The van der Waals surface area contributed by atoms with E-state index in [9.17, 15) is 9.59 Å². The van der Waals surface area contributed by atoms with Gasteiger partial charge in [-0.25, -0.2) is 0 Å². The average Bonchev–Trinajstić information content (AvgIpc) is 2.70. The summed E-state index contributed by atoms with van der Waals surface area (Å²) in [6.07, 6.45) is 2.45. The Kier molecular flexibility index (Phi) is 5.31. The lowest BCUT2D eigenvalue weighted by Crippen LogP contribution is -2.32. The highest BCUT2D eigenvalue weighted by Crippen LogP contribution is 2.36. The molecule has 0 aliphatic carbocycles. The van der Waals surface area contributed by atoms with Crippen molar-refractivity contribution in [1.29, 1.82) is 0 Å². The summed E-state index contributed by atoms with van der Waals surface area (Å²) in [4.78, 5) is 27.9. The lowest BCUT2D eigenvalue weighted by molar-refractivity contribution is -0.115. The van der Waals surface area contributed by atoms with Gasteiger partial charge in [0, 0.05) is 34.9 Å². The van der Waals surface area contributed by atoms with E-state index in [1.54, 1.807) is 12.1 Å². The first-order valence-corrected chi connectivity index (χ1v) is 10.7. The maximum absolute atomic E-state index is 12.6. The van der Waals surface area contributed by atoms with Gasteiger partial charge in [0.1, 0.15) is 0 Å². The first kappa shape index (κ1) is 18.9. The van der Waals surface area contributed by atoms with Crippen LogP contribution >= 0.6 is 11.8 Å². The molecule has 146 valence electrons. The second kappa shape index (κ2) is 7.87. The molecule has 2 amide bonds. The number of anilines is 3. The van der Waals surface area contributed by atoms with Gasteiger partial charge in [-0.05, 0) is 68.1 Å². The number of piperidine rings is 1. The fraction of sp³-hybridized carbons (Fsp3) is 0.364. The third-order valence-corrected chi connectivity index (χ3v) is 6.62. The normalized spacial score (nSPS) is 19.7. The van der Waals surface area contributed by atoms with E-state index >= 15 is 0 Å². The van der Waals surface area contributed by atoms with E-state index in [0.717, 1.165) is 29.6 Å². The quantitative estimate of drug-likeness (QED) is 0.797. The van der Waals surface area contributed by atoms with Crippen molar-refractivity contribution in [2.24, 2.45) is 5.92 Å². The van der Waals surface area contributed by atoms with E-state index in [-0.39, 0.29) is 17.1 Å². The number of fused-ring (bicyclic) bond motifs is 1. The second-order valence-electron chi connectivity index (χ2n) is 7.63. The van der Waals surface area contributed by atoms with Crippen LogP contribution in [0.2, 0.25) is 0 Å². The monoisotopic (exact) mass is 395 g/mol. The minimum absolute atomic E-state index is 0.0299. The van der Waals surface area contributed by atoms with Gasteiger partial charge in [-0.15, -0.1) is 11.8 Å². The molecule has 0 radical (unpaired) electrons. The summed E-state index contributed by atoms with van der Waals surface area (Å²) in [7, 11) is 0. The number of benzene rings is 2. The standard InChI is InChI=1S/C22H25N3O2S/c1-14-9-11-25(12-10-14)18-6-4-17(5-7-18)23-22(27)16-3-8-20-19(13-16)24-21(26)15(2)28-20/h3-8,13-15H,9-12H2,1-2H3,(H,23,27)(H,24,26). The van der Waals surface area contributed by atoms with Crippen LogP contribution in [-0.4, -0.2) is 30.2 Å². The summed E-state index contributed by atoms with van der Waals surface area (Å²) in [5.74, 6) is 0.593. The van der Waals surface area contributed by atoms with Gasteiger partial charge in [0.05, 0.1) is 10.9 Å². The van der Waals surface area contributed by atoms with Crippen molar-refractivity contribution in [1.82, 2.24) is 0 Å². The van der Waals surface area contributed by atoms with Crippen LogP contribution in [0.15, 0.2) is 47.4 Å². The lowest BCUT2D eigenvalue weighted by atomic mass is 9.99. The summed E-state index contributed by atoms with van der Waals surface area (Å²) < 4.78 is 0. The third-order valence-electron chi connectivity index (χ3n) is 5.45. The first-order valence-electron chi connectivity index (χ1n) is 9.77. The van der Waals surface area contributed by atoms with Crippen LogP contribution in [0.1, 0.15) is 37.0 Å². The van der Waals surface area contributed by atoms with Crippen molar-refractivity contribution in [2.75, 3.05) is 28.6 Å². The molecule has 1 saturated heterocycles. The zero-order chi connectivity index (χ0) is 19.7. The van der Waals surface area contributed by atoms with Crippen molar-refractivity contribution in [3.05, 3.63) is 48.0 Å². The Morgan fingerprint density at radius 2 is 1.82 bits per heavy atom. The summed E-state index contributed by atoms with van der Waals surface area (Å²) in [6.45, 7) is 6.35. The Balaban J connectivity index is 1.42. The van der Waals surface area contributed by atoms with Crippen molar-refractivity contribution in [3.63, 3.8) is 0 Å². The molecule has 1 atom stereocenters. The highest BCUT2D eigenvalue weighted by atomic mass is 32.2. The number of amides is 2. The summed E-state index contributed by atoms with van der Waals surface area (Å²) in [5.41, 5.74) is 3.20. The maximum Gasteiger partial charge on any atom is 0.255 e. The SMILES string of the molecule is CC1CCN(c2ccc(NC(=O)c3ccc4c(c3)NC(=O)C(C)S4)cc2)CC1. The number of rotatable bonds is 3. The van der Waals surface area contributed by atoms with Gasteiger partial charge in [0.15, 0.2) is 0 Å². The van der Waals surface area contributed by atoms with E-state index in [1.165, 1.54) is 30.3 Å². The van der Waals surface area contributed by atoms with Gasteiger partial charge in [0.2, 0.25) is 5.91 Å². The second-order valence-corrected chi connectivity index (χ2v) is 9.01. The number of nitrogens with zero attached hydrogens (tertiary/aromatic N) is 1. The fourth-order valence-corrected chi connectivity index (χ4v) is 4.51. The molecule has 0 aromatic heterocycles. The molecule has 2 N–H and O–H groups in total. The molecule has 0 saturated carbocycles. The molecule has 4 rings (SSSR count). The van der Waals surface area contributed by atoms with Crippen LogP contribution in [-0.2, 0) is 4.79 Å². The third kappa shape index (κ3) is 4.02. The van der Waals surface area contributed by atoms with Crippen LogP contribution in [0.4, 0.5) is 17.1 Å². The summed E-state index contributed by atoms with van der Waals surface area (Å²) in [5, 5.41) is 5.70. The van der Waals surface area contributed by atoms with Gasteiger partial charge in [-0.3, -0.25) is 9.59 Å². The van der Waals surface area contributed by atoms with Gasteiger partial charge in [-0.1, -0.05) is 6.92 Å². The zero-order valence-electron chi connectivity index (χ0n) is 16.2. The van der Waals surface area contributed by atoms with E-state index in [2.05, 4.69) is 34.6 Å². The lowest BCUT2D eigenvalue weighted by Gasteiger charge is -2.32. The summed E-state index contributed by atoms with van der Waals surface area (Å²) >= 11 is 1.51. The van der Waals surface area contributed by atoms with Crippen molar-refractivity contribution in [2.45, 2.75) is 36.8 Å². The number of thioether (sulfide) groups is 1. The molecule has 1 fully saturated rings. The Morgan fingerprint density at radius 3 is 2.54 bits per heavy atom. The van der Waals surface area contributed by atoms with E-state index < -0.39 is 0 Å². The van der Waals surface area contributed by atoms with E-state index in [1.807, 2.05) is 25.1 Å². The molecular formula is C22H25N3O2S. The number of hydrogen-bond acceptors (Lipinski definition) is 4. The molecule has 1 unspecified atom stereocenters. The van der Waals surface area contributed by atoms with Gasteiger partial charge >= 0.3 is 0 Å². The topological polar surface area (TPSA) is 61.4 Å². The molecular weight excluding hydrogens is 370 g/mol. The predicted octanol–water partition coefficient (Wildman–Crippen LogP) is 4.61. The van der Waals surface area contributed by atoms with Crippen LogP contribution in [0.3, 0.4) is 0 Å². The van der Waals surface area contributed by atoms with Crippen LogP contribution < -0.4 is 15.5 Å². The molecule has 0 bridgehead atoms. The molecule has 6 heteroatoms. The molecule has 5 nitrogen and oxygen atoms in total. The number of carbonyl (C=O) groups is 2. The maximum atomic E-state index is 12.6. The number of hydrogen-bond donors (Lipinski definition) is 2. The first-order chi connectivity index (χ1) is 13.5. The Labute approximate surface area is 169 Å². The minimum atomic E-state index is -0.180. The van der Waals surface area contributed by atoms with E-state index in [0.29, 0.717) is 11.3 Å². The molecule has 2 aliphatic heterocycles. The van der Waals surface area contributed by atoms with Crippen LogP contribution in [0.25, 0.3) is 0 Å². The van der Waals surface area contributed by atoms with Gasteiger partial charge in [0.25, 0.3) is 5.91 Å². The summed E-state index contributed by atoms with van der Waals surface area (Å²) in [6, 6.07) is 13.5. The molecule has 2 aromatic carbocycles.